The SMILES string of the molecule is COCCOC1=CC2=CCCC=C(c3ccc4cccc(OCC(C)(C)CN(C)C)c4n3)N2C=C1. The lowest BCUT2D eigenvalue weighted by Crippen LogP contribution is -2.33. The number of pyridine rings is 1. The van der Waals surface area contributed by atoms with E-state index in [4.69, 9.17) is 19.2 Å². The molecule has 3 heterocycles. The van der Waals surface area contributed by atoms with Crippen molar-refractivity contribution < 1.29 is 14.2 Å². The zero-order valence-electron chi connectivity index (χ0n) is 21.6. The monoisotopic (exact) mass is 475 g/mol. The minimum atomic E-state index is 0.0285. The Balaban J connectivity index is 1.59. The van der Waals surface area contributed by atoms with Gasteiger partial charge in [-0.15, -0.1) is 0 Å². The Morgan fingerprint density at radius 2 is 1.86 bits per heavy atom. The van der Waals surface area contributed by atoms with Gasteiger partial charge in [-0.3, -0.25) is 0 Å². The van der Waals surface area contributed by atoms with Gasteiger partial charge >= 0.3 is 0 Å². The highest BCUT2D eigenvalue weighted by atomic mass is 16.5. The number of benzene rings is 1. The van der Waals surface area contributed by atoms with Crippen LogP contribution in [0.3, 0.4) is 0 Å². The summed E-state index contributed by atoms with van der Waals surface area (Å²) in [4.78, 5) is 9.48. The quantitative estimate of drug-likeness (QED) is 0.417. The zero-order valence-corrected chi connectivity index (χ0v) is 21.6. The van der Waals surface area contributed by atoms with Crippen molar-refractivity contribution in [2.75, 3.05) is 47.6 Å². The molecule has 6 heteroatoms. The second-order valence-corrected chi connectivity index (χ2v) is 10.1. The summed E-state index contributed by atoms with van der Waals surface area (Å²) in [5.41, 5.74) is 4.01. The number of nitrogens with zero attached hydrogens (tertiary/aromatic N) is 3. The third kappa shape index (κ3) is 6.32. The molecule has 186 valence electrons. The first-order chi connectivity index (χ1) is 16.9. The van der Waals surface area contributed by atoms with E-state index in [1.165, 1.54) is 0 Å². The molecular formula is C29H37N3O3. The first-order valence-electron chi connectivity index (χ1n) is 12.3. The van der Waals surface area contributed by atoms with Crippen LogP contribution in [-0.4, -0.2) is 62.4 Å². The Morgan fingerprint density at radius 1 is 1.03 bits per heavy atom. The van der Waals surface area contributed by atoms with Crippen molar-refractivity contribution in [2.45, 2.75) is 26.7 Å². The van der Waals surface area contributed by atoms with Crippen LogP contribution in [0.15, 0.2) is 72.3 Å². The number of aromatic nitrogens is 1. The average Bonchev–Trinajstić information content (AvgIpc) is 3.04. The van der Waals surface area contributed by atoms with Crippen LogP contribution in [0.25, 0.3) is 16.6 Å². The molecule has 1 aromatic carbocycles. The highest BCUT2D eigenvalue weighted by molar-refractivity contribution is 5.86. The molecule has 4 rings (SSSR count). The lowest BCUT2D eigenvalue weighted by molar-refractivity contribution is 0.114. The van der Waals surface area contributed by atoms with Crippen molar-refractivity contribution in [3.8, 4) is 5.75 Å². The minimum Gasteiger partial charge on any atom is -0.491 e. The van der Waals surface area contributed by atoms with E-state index in [1.54, 1.807) is 7.11 Å². The average molecular weight is 476 g/mol. The van der Waals surface area contributed by atoms with E-state index in [0.29, 0.717) is 19.8 Å². The lowest BCUT2D eigenvalue weighted by Gasteiger charge is -2.28. The topological polar surface area (TPSA) is 47.1 Å². The summed E-state index contributed by atoms with van der Waals surface area (Å²) in [5, 5.41) is 1.07. The van der Waals surface area contributed by atoms with E-state index in [-0.39, 0.29) is 5.41 Å². The van der Waals surface area contributed by atoms with E-state index in [9.17, 15) is 0 Å². The highest BCUT2D eigenvalue weighted by Gasteiger charge is 2.22. The molecule has 6 nitrogen and oxygen atoms in total. The zero-order chi connectivity index (χ0) is 24.8. The van der Waals surface area contributed by atoms with Gasteiger partial charge in [0.1, 0.15) is 23.6 Å². The van der Waals surface area contributed by atoms with Gasteiger partial charge in [-0.05, 0) is 45.1 Å². The van der Waals surface area contributed by atoms with Gasteiger partial charge in [0, 0.05) is 42.4 Å². The molecule has 0 saturated carbocycles. The fraction of sp³-hybridized carbons (Fsp3) is 0.414. The van der Waals surface area contributed by atoms with Crippen molar-refractivity contribution in [1.82, 2.24) is 14.8 Å². The fourth-order valence-electron chi connectivity index (χ4n) is 4.54. The van der Waals surface area contributed by atoms with Crippen molar-refractivity contribution in [3.63, 3.8) is 0 Å². The van der Waals surface area contributed by atoms with Crippen molar-refractivity contribution in [1.29, 1.82) is 0 Å². The van der Waals surface area contributed by atoms with Crippen LogP contribution in [-0.2, 0) is 9.47 Å². The number of para-hydroxylation sites is 1. The van der Waals surface area contributed by atoms with Crippen LogP contribution in [0, 0.1) is 5.41 Å². The molecule has 0 saturated heterocycles. The summed E-state index contributed by atoms with van der Waals surface area (Å²) in [7, 11) is 5.87. The van der Waals surface area contributed by atoms with Crippen LogP contribution < -0.4 is 4.74 Å². The summed E-state index contributed by atoms with van der Waals surface area (Å²) >= 11 is 0. The van der Waals surface area contributed by atoms with Gasteiger partial charge < -0.3 is 24.0 Å². The summed E-state index contributed by atoms with van der Waals surface area (Å²) in [5.74, 6) is 1.66. The Morgan fingerprint density at radius 3 is 2.66 bits per heavy atom. The molecule has 0 amide bonds. The van der Waals surface area contributed by atoms with Gasteiger partial charge in [0.2, 0.25) is 0 Å². The van der Waals surface area contributed by atoms with E-state index in [1.807, 2.05) is 18.2 Å². The first kappa shape index (κ1) is 25.0. The van der Waals surface area contributed by atoms with Crippen molar-refractivity contribution in [3.05, 3.63) is 78.0 Å². The second kappa shape index (κ2) is 11.1. The number of hydrogen-bond acceptors (Lipinski definition) is 6. The summed E-state index contributed by atoms with van der Waals surface area (Å²) in [6.07, 6.45) is 12.6. The number of ether oxygens (including phenoxy) is 3. The third-order valence-electron chi connectivity index (χ3n) is 5.94. The number of methoxy groups -OCH3 is 1. The van der Waals surface area contributed by atoms with E-state index >= 15 is 0 Å². The van der Waals surface area contributed by atoms with E-state index < -0.39 is 0 Å². The molecule has 0 N–H and O–H groups in total. The standard InChI is InChI=1S/C29H37N3O3/c1-29(2,20-31(3)4)21-35-27-12-8-9-22-13-14-25(30-28(22)27)26-11-7-6-10-23-19-24(15-16-32(23)26)34-18-17-33-5/h8-16,19H,6-7,17-18,20-21H2,1-5H3. The fourth-order valence-corrected chi connectivity index (χ4v) is 4.54. The minimum absolute atomic E-state index is 0.0285. The van der Waals surface area contributed by atoms with Gasteiger partial charge in [0.25, 0.3) is 0 Å². The third-order valence-corrected chi connectivity index (χ3v) is 5.94. The second-order valence-electron chi connectivity index (χ2n) is 10.1. The number of hydrogen-bond donors (Lipinski definition) is 0. The maximum Gasteiger partial charge on any atom is 0.145 e. The van der Waals surface area contributed by atoms with Crippen molar-refractivity contribution >= 4 is 16.6 Å². The van der Waals surface area contributed by atoms with Crippen LogP contribution in [0.5, 0.6) is 5.75 Å². The lowest BCUT2D eigenvalue weighted by atomic mass is 9.94. The molecule has 0 spiro atoms. The van der Waals surface area contributed by atoms with Crippen LogP contribution in [0.1, 0.15) is 32.4 Å². The van der Waals surface area contributed by atoms with Crippen LogP contribution in [0.2, 0.25) is 0 Å². The molecule has 0 atom stereocenters. The van der Waals surface area contributed by atoms with Gasteiger partial charge in [-0.1, -0.05) is 44.2 Å². The molecule has 2 aromatic rings. The number of allylic oxidation sites excluding steroid dienone is 4. The van der Waals surface area contributed by atoms with Crippen LogP contribution >= 0.6 is 0 Å². The molecule has 0 radical (unpaired) electrons. The predicted molar refractivity (Wildman–Crippen MR) is 142 cm³/mol. The molecule has 1 aromatic heterocycles. The van der Waals surface area contributed by atoms with Crippen LogP contribution in [0.4, 0.5) is 0 Å². The maximum atomic E-state index is 6.34. The molecule has 0 aliphatic carbocycles. The molecule has 35 heavy (non-hydrogen) atoms. The van der Waals surface area contributed by atoms with Gasteiger partial charge in [-0.2, -0.15) is 0 Å². The van der Waals surface area contributed by atoms with E-state index in [2.05, 4.69) is 80.4 Å². The first-order valence-corrected chi connectivity index (χ1v) is 12.3. The highest BCUT2D eigenvalue weighted by Crippen LogP contribution is 2.33. The molecule has 2 aliphatic heterocycles. The number of rotatable bonds is 10. The molecule has 0 unspecified atom stereocenters. The summed E-state index contributed by atoms with van der Waals surface area (Å²) in [6, 6.07) is 10.4. The largest absolute Gasteiger partial charge is 0.491 e. The van der Waals surface area contributed by atoms with E-state index in [0.717, 1.165) is 58.9 Å². The molecule has 0 fully saturated rings. The van der Waals surface area contributed by atoms with Gasteiger partial charge in [-0.25, -0.2) is 4.98 Å². The normalized spacial score (nSPS) is 15.9. The van der Waals surface area contributed by atoms with Crippen molar-refractivity contribution in [2.24, 2.45) is 5.41 Å². The Labute approximate surface area is 209 Å². The molecule has 0 bridgehead atoms. The number of fused-ring (bicyclic) bond motifs is 2. The van der Waals surface area contributed by atoms with Gasteiger partial charge in [0.05, 0.1) is 24.6 Å². The summed E-state index contributed by atoms with van der Waals surface area (Å²) in [6.45, 7) is 7.12. The summed E-state index contributed by atoms with van der Waals surface area (Å²) < 4.78 is 17.3. The Kier molecular flexibility index (Phi) is 7.93. The predicted octanol–water partition coefficient (Wildman–Crippen LogP) is 5.60. The maximum absolute atomic E-state index is 6.34. The Bertz CT molecular complexity index is 1160. The smallest absolute Gasteiger partial charge is 0.145 e. The van der Waals surface area contributed by atoms with Gasteiger partial charge in [0.15, 0.2) is 0 Å². The molecule has 2 aliphatic rings. The molecular weight excluding hydrogens is 438 g/mol. The Hall–Kier alpha value is -3.09.